The minimum atomic E-state index is -9.69. The van der Waals surface area contributed by atoms with Crippen LogP contribution in [0.15, 0.2) is 29.2 Å². The fourth-order valence-corrected chi connectivity index (χ4v) is 3.31. The maximum atomic E-state index is 13.9. The minimum absolute atomic E-state index is 0.119. The molecule has 1 rings (SSSR count). The summed E-state index contributed by atoms with van der Waals surface area (Å²) in [7, 11) is -5.27. The van der Waals surface area contributed by atoms with Crippen LogP contribution in [0.3, 0.4) is 0 Å². The Morgan fingerprint density at radius 1 is 0.396 bits per heavy atom. The average Bonchev–Trinajstić information content (AvgIpc) is 2.86. The van der Waals surface area contributed by atoms with Gasteiger partial charge in [-0.25, -0.2) is 0 Å². The number of benzene rings is 1. The van der Waals surface area contributed by atoms with Crippen LogP contribution in [0.2, 0.25) is 0 Å². The van der Waals surface area contributed by atoms with Gasteiger partial charge in [0.1, 0.15) is 5.75 Å². The van der Waals surface area contributed by atoms with Crippen molar-refractivity contribution in [3.63, 3.8) is 0 Å². The van der Waals surface area contributed by atoms with E-state index in [0.29, 0.717) is 0 Å². The van der Waals surface area contributed by atoms with Crippen LogP contribution in [0.1, 0.15) is 0 Å². The molecular weight excluding hydrogens is 787 g/mol. The zero-order chi connectivity index (χ0) is 39.2. The molecule has 0 saturated carbocycles. The summed E-state index contributed by atoms with van der Waals surface area (Å²) in [6, 6.07) is -0.890. The SMILES string of the molecule is O=S(=O)(O)c1ccc(OC(F)(F)C(F)(F)C(F)(F)C(F)(F)C(F)(F)C(F)(F)C(F)(F)C(F)(F)C(F)(F)C(F)(F)C(F)(F)C(F)(F)F)cc1. The van der Waals surface area contributed by atoms with Crippen molar-refractivity contribution in [1.29, 1.82) is 0 Å². The highest BCUT2D eigenvalue weighted by molar-refractivity contribution is 7.85. The molecule has 0 aliphatic rings. The number of alkyl halides is 25. The Kier molecular flexibility index (Phi) is 9.98. The van der Waals surface area contributed by atoms with Gasteiger partial charge >= 0.3 is 71.5 Å². The summed E-state index contributed by atoms with van der Waals surface area (Å²) in [6.45, 7) is 0. The van der Waals surface area contributed by atoms with Gasteiger partial charge in [0.2, 0.25) is 0 Å². The lowest BCUT2D eigenvalue weighted by Gasteiger charge is -2.45. The van der Waals surface area contributed by atoms with Crippen LogP contribution in [0.25, 0.3) is 0 Å². The maximum absolute atomic E-state index is 13.9. The summed E-state index contributed by atoms with van der Waals surface area (Å²) in [5, 5.41) is 0. The molecular formula is C18H5F25O4S. The van der Waals surface area contributed by atoms with Crippen molar-refractivity contribution in [2.75, 3.05) is 0 Å². The Morgan fingerprint density at radius 2 is 0.625 bits per heavy atom. The van der Waals surface area contributed by atoms with Crippen molar-refractivity contribution in [2.24, 2.45) is 0 Å². The standard InChI is InChI=1S/C18H5F25O4S/c19-7(20,9(23,24)11(27,28)13(31,32)15(35,36)17(39,40)41)8(21,22)10(25,26)12(29,30)14(33,34)16(37,38)18(42,43)47-5-1-3-6(4-2-5)48(44,45)46/h1-4H,(H,44,45,46). The number of hydrogen-bond acceptors (Lipinski definition) is 3. The molecule has 4 nitrogen and oxygen atoms in total. The molecule has 0 bridgehead atoms. The molecule has 0 saturated heterocycles. The minimum Gasteiger partial charge on any atom is -0.428 e. The molecule has 0 aromatic heterocycles. The largest absolute Gasteiger partial charge is 0.471 e. The fraction of sp³-hybridized carbons (Fsp3) is 0.667. The van der Waals surface area contributed by atoms with Crippen LogP contribution < -0.4 is 4.74 Å². The molecule has 48 heavy (non-hydrogen) atoms. The summed E-state index contributed by atoms with van der Waals surface area (Å²) in [5.41, 5.74) is 0. The second-order valence-electron chi connectivity index (χ2n) is 8.81. The molecule has 1 aromatic rings. The van der Waals surface area contributed by atoms with Gasteiger partial charge in [0.15, 0.2) is 0 Å². The number of halogens is 25. The second kappa shape index (κ2) is 11.1. The third-order valence-corrected chi connectivity index (χ3v) is 6.51. The van der Waals surface area contributed by atoms with E-state index in [0.717, 1.165) is 0 Å². The Balaban J connectivity index is 3.81. The maximum Gasteiger partial charge on any atom is 0.471 e. The highest BCUT2D eigenvalue weighted by Crippen LogP contribution is 2.67. The lowest BCUT2D eigenvalue weighted by atomic mass is 9.85. The smallest absolute Gasteiger partial charge is 0.428 e. The molecule has 0 heterocycles. The van der Waals surface area contributed by atoms with Crippen LogP contribution in [-0.4, -0.2) is 84.5 Å². The summed E-state index contributed by atoms with van der Waals surface area (Å²) in [6.07, 6.45) is -15.7. The first-order valence-corrected chi connectivity index (χ1v) is 11.9. The molecule has 30 heteroatoms. The molecule has 1 N–H and O–H groups in total. The molecule has 1 aromatic carbocycles. The van der Waals surface area contributed by atoms with Crippen molar-refractivity contribution in [3.05, 3.63) is 24.3 Å². The van der Waals surface area contributed by atoms with E-state index in [4.69, 9.17) is 4.55 Å². The molecule has 0 spiro atoms. The molecule has 282 valence electrons. The van der Waals surface area contributed by atoms with Crippen LogP contribution in [0.4, 0.5) is 110 Å². The van der Waals surface area contributed by atoms with Gasteiger partial charge in [0, 0.05) is 0 Å². The van der Waals surface area contributed by atoms with Crippen LogP contribution in [-0.2, 0) is 10.1 Å². The molecule has 0 radical (unpaired) electrons. The van der Waals surface area contributed by atoms with Crippen molar-refractivity contribution in [3.8, 4) is 5.75 Å². The van der Waals surface area contributed by atoms with Gasteiger partial charge in [-0.3, -0.25) is 4.55 Å². The fourth-order valence-electron chi connectivity index (χ4n) is 2.83. The molecule has 0 atom stereocenters. The Hall–Kier alpha value is -2.82. The molecule has 0 unspecified atom stereocenters. The van der Waals surface area contributed by atoms with Gasteiger partial charge < -0.3 is 4.74 Å². The zero-order valence-corrected chi connectivity index (χ0v) is 21.7. The van der Waals surface area contributed by atoms with Gasteiger partial charge in [-0.05, 0) is 24.3 Å². The summed E-state index contributed by atoms with van der Waals surface area (Å²) in [5.74, 6) is -95.0. The lowest BCUT2D eigenvalue weighted by molar-refractivity contribution is -0.486. The predicted octanol–water partition coefficient (Wildman–Crippen LogP) is 8.82. The van der Waals surface area contributed by atoms with E-state index in [2.05, 4.69) is 4.74 Å². The summed E-state index contributed by atoms with van der Waals surface area (Å²) >= 11 is 0. The normalized spacial score (nSPS) is 16.3. The highest BCUT2D eigenvalue weighted by Gasteiger charge is 2.99. The van der Waals surface area contributed by atoms with Gasteiger partial charge in [0.05, 0.1) is 4.90 Å². The summed E-state index contributed by atoms with van der Waals surface area (Å²) in [4.78, 5) is -1.35. The first-order valence-electron chi connectivity index (χ1n) is 10.4. The Labute approximate surface area is 245 Å². The third-order valence-electron chi connectivity index (χ3n) is 5.64. The number of hydrogen-bond donors (Lipinski definition) is 1. The van der Waals surface area contributed by atoms with E-state index >= 15 is 0 Å². The van der Waals surface area contributed by atoms with Crippen molar-refractivity contribution in [2.45, 2.75) is 76.4 Å². The average molecular weight is 792 g/mol. The molecule has 0 amide bonds. The predicted molar refractivity (Wildman–Crippen MR) is 97.4 cm³/mol. The molecule has 0 aliphatic carbocycles. The monoisotopic (exact) mass is 792 g/mol. The third kappa shape index (κ3) is 5.59. The van der Waals surface area contributed by atoms with Gasteiger partial charge in [-0.15, -0.1) is 0 Å². The van der Waals surface area contributed by atoms with E-state index in [1.54, 1.807) is 0 Å². The summed E-state index contributed by atoms with van der Waals surface area (Å²) < 4.78 is 369. The van der Waals surface area contributed by atoms with Crippen LogP contribution in [0, 0.1) is 0 Å². The highest BCUT2D eigenvalue weighted by atomic mass is 32.2. The number of rotatable bonds is 13. The van der Waals surface area contributed by atoms with Crippen LogP contribution in [0.5, 0.6) is 5.75 Å². The van der Waals surface area contributed by atoms with Crippen molar-refractivity contribution < 1.29 is 127 Å². The zero-order valence-electron chi connectivity index (χ0n) is 20.8. The van der Waals surface area contributed by atoms with Crippen molar-refractivity contribution in [1.82, 2.24) is 0 Å². The topological polar surface area (TPSA) is 63.6 Å². The first kappa shape index (κ1) is 43.2. The van der Waals surface area contributed by atoms with Gasteiger partial charge in [-0.2, -0.15) is 118 Å². The Bertz CT molecular complexity index is 1440. The molecule has 0 fully saturated rings. The van der Waals surface area contributed by atoms with Crippen LogP contribution >= 0.6 is 0 Å². The van der Waals surface area contributed by atoms with E-state index in [-0.39, 0.29) is 24.3 Å². The van der Waals surface area contributed by atoms with Gasteiger partial charge in [0.25, 0.3) is 10.1 Å². The quantitative estimate of drug-likeness (QED) is 0.160. The Morgan fingerprint density at radius 3 is 0.854 bits per heavy atom. The van der Waals surface area contributed by atoms with E-state index in [1.807, 2.05) is 0 Å². The van der Waals surface area contributed by atoms with Gasteiger partial charge in [-0.1, -0.05) is 0 Å². The first-order chi connectivity index (χ1) is 20.4. The lowest BCUT2D eigenvalue weighted by Crippen LogP contribution is -2.78. The van der Waals surface area contributed by atoms with E-state index in [9.17, 15) is 118 Å². The number of ether oxygens (including phenoxy) is 1. The van der Waals surface area contributed by atoms with E-state index in [1.165, 1.54) is 0 Å². The second-order valence-corrected chi connectivity index (χ2v) is 10.2. The van der Waals surface area contributed by atoms with Crippen molar-refractivity contribution >= 4 is 10.1 Å². The molecule has 0 aliphatic heterocycles. The van der Waals surface area contributed by atoms with E-state index < -0.39 is 92.3 Å².